The van der Waals surface area contributed by atoms with Crippen LogP contribution < -0.4 is 10.1 Å². The van der Waals surface area contributed by atoms with Gasteiger partial charge in [-0.25, -0.2) is 0 Å². The van der Waals surface area contributed by atoms with Crippen LogP contribution in [0.15, 0.2) is 48.5 Å². The Hall–Kier alpha value is -2.53. The summed E-state index contributed by atoms with van der Waals surface area (Å²) >= 11 is 5.88. The van der Waals surface area contributed by atoms with Gasteiger partial charge in [-0.05, 0) is 62.6 Å². The molecule has 0 spiro atoms. The molecule has 0 saturated carbocycles. The molecule has 0 radical (unpaired) electrons. The smallest absolute Gasteiger partial charge is 0.261 e. The minimum Gasteiger partial charge on any atom is -0.484 e. The van der Waals surface area contributed by atoms with E-state index in [1.165, 1.54) is 0 Å². The maximum absolute atomic E-state index is 13.0. The number of benzene rings is 2. The highest BCUT2D eigenvalue weighted by atomic mass is 35.5. The average Bonchev–Trinajstić information content (AvgIpc) is 2.71. The Balaban J connectivity index is 2.15. The number of carbonyl (C=O) groups excluding carboxylic acids is 2. The third kappa shape index (κ3) is 6.79. The second-order valence-electron chi connectivity index (χ2n) is 7.18. The van der Waals surface area contributed by atoms with Gasteiger partial charge in [0.15, 0.2) is 6.61 Å². The van der Waals surface area contributed by atoms with Crippen molar-refractivity contribution in [3.63, 3.8) is 0 Å². The summed E-state index contributed by atoms with van der Waals surface area (Å²) in [6.45, 7) is 7.87. The first-order valence-electron chi connectivity index (χ1n) is 9.84. The predicted molar refractivity (Wildman–Crippen MR) is 116 cm³/mol. The molecular weight excluding hydrogens is 388 g/mol. The van der Waals surface area contributed by atoms with Crippen LogP contribution in [0.3, 0.4) is 0 Å². The largest absolute Gasteiger partial charge is 0.484 e. The molecule has 0 unspecified atom stereocenters. The van der Waals surface area contributed by atoms with Crippen molar-refractivity contribution in [2.24, 2.45) is 0 Å². The van der Waals surface area contributed by atoms with Crippen LogP contribution in [0.2, 0.25) is 5.02 Å². The second kappa shape index (κ2) is 10.9. The molecule has 0 saturated heterocycles. The van der Waals surface area contributed by atoms with Crippen molar-refractivity contribution < 1.29 is 14.3 Å². The Labute approximate surface area is 178 Å². The molecule has 0 heterocycles. The van der Waals surface area contributed by atoms with E-state index in [4.69, 9.17) is 16.3 Å². The number of aryl methyl sites for hydroxylation is 1. The Morgan fingerprint density at radius 3 is 2.38 bits per heavy atom. The van der Waals surface area contributed by atoms with Gasteiger partial charge in [-0.15, -0.1) is 0 Å². The first-order chi connectivity index (χ1) is 13.8. The van der Waals surface area contributed by atoms with Crippen molar-refractivity contribution in [2.75, 3.05) is 6.61 Å². The van der Waals surface area contributed by atoms with Gasteiger partial charge in [0.2, 0.25) is 5.91 Å². The lowest BCUT2D eigenvalue weighted by molar-refractivity contribution is -0.142. The van der Waals surface area contributed by atoms with E-state index in [9.17, 15) is 9.59 Å². The van der Waals surface area contributed by atoms with E-state index < -0.39 is 6.04 Å². The molecule has 29 heavy (non-hydrogen) atoms. The molecule has 2 rings (SSSR count). The molecule has 5 nitrogen and oxygen atoms in total. The molecule has 6 heteroatoms. The zero-order chi connectivity index (χ0) is 21.4. The molecule has 0 aliphatic rings. The summed E-state index contributed by atoms with van der Waals surface area (Å²) in [5.74, 6) is 0.123. The molecule has 2 amide bonds. The fourth-order valence-corrected chi connectivity index (χ4v) is 2.90. The third-order valence-electron chi connectivity index (χ3n) is 4.95. The molecule has 2 aromatic rings. The standard InChI is InChI=1S/C23H29ClN2O3/c1-5-17(3)25-23(28)18(4)26(14-19-9-7-6-8-16(19)2)22(27)15-29-21-12-10-20(24)11-13-21/h6-13,17-18H,5,14-15H2,1-4H3,(H,25,28)/t17-,18+/m0/s1. The SMILES string of the molecule is CC[C@H](C)NC(=O)[C@@H](C)N(Cc1ccccc1C)C(=O)COc1ccc(Cl)cc1. The molecule has 0 bridgehead atoms. The molecule has 0 aliphatic carbocycles. The van der Waals surface area contributed by atoms with Crippen molar-refractivity contribution in [3.8, 4) is 5.75 Å². The van der Waals surface area contributed by atoms with E-state index in [0.29, 0.717) is 17.3 Å². The van der Waals surface area contributed by atoms with Crippen molar-refractivity contribution >= 4 is 23.4 Å². The van der Waals surface area contributed by atoms with Gasteiger partial charge in [-0.3, -0.25) is 9.59 Å². The van der Waals surface area contributed by atoms with Gasteiger partial charge in [0.05, 0.1) is 0 Å². The number of halogens is 1. The third-order valence-corrected chi connectivity index (χ3v) is 5.20. The summed E-state index contributed by atoms with van der Waals surface area (Å²) in [5.41, 5.74) is 2.06. The number of nitrogens with one attached hydrogen (secondary N) is 1. The van der Waals surface area contributed by atoms with Crippen molar-refractivity contribution in [2.45, 2.75) is 52.7 Å². The van der Waals surface area contributed by atoms with Gasteiger partial charge in [0.25, 0.3) is 5.91 Å². The van der Waals surface area contributed by atoms with Gasteiger partial charge in [0, 0.05) is 17.6 Å². The van der Waals surface area contributed by atoms with Crippen LogP contribution in [0.25, 0.3) is 0 Å². The lowest BCUT2D eigenvalue weighted by Crippen LogP contribution is -2.50. The number of hydrogen-bond acceptors (Lipinski definition) is 3. The average molecular weight is 417 g/mol. The number of ether oxygens (including phenoxy) is 1. The molecule has 156 valence electrons. The lowest BCUT2D eigenvalue weighted by atomic mass is 10.1. The van der Waals surface area contributed by atoms with Crippen LogP contribution >= 0.6 is 11.6 Å². The van der Waals surface area contributed by atoms with Crippen molar-refractivity contribution in [1.29, 1.82) is 0 Å². The van der Waals surface area contributed by atoms with E-state index in [-0.39, 0.29) is 24.5 Å². The summed E-state index contributed by atoms with van der Waals surface area (Å²) < 4.78 is 5.62. The highest BCUT2D eigenvalue weighted by molar-refractivity contribution is 6.30. The van der Waals surface area contributed by atoms with Crippen molar-refractivity contribution in [1.82, 2.24) is 10.2 Å². The summed E-state index contributed by atoms with van der Waals surface area (Å²) in [6, 6.07) is 14.1. The van der Waals surface area contributed by atoms with Gasteiger partial charge < -0.3 is 15.0 Å². The fraction of sp³-hybridized carbons (Fsp3) is 0.391. The molecular formula is C23H29ClN2O3. The first kappa shape index (κ1) is 22.8. The summed E-state index contributed by atoms with van der Waals surface area (Å²) in [7, 11) is 0. The molecule has 0 aliphatic heterocycles. The van der Waals surface area contributed by atoms with E-state index in [1.54, 1.807) is 36.1 Å². The van der Waals surface area contributed by atoms with Crippen LogP contribution in [0, 0.1) is 6.92 Å². The Kier molecular flexibility index (Phi) is 8.52. The molecule has 0 aromatic heterocycles. The highest BCUT2D eigenvalue weighted by Crippen LogP contribution is 2.17. The van der Waals surface area contributed by atoms with E-state index in [2.05, 4.69) is 5.32 Å². The quantitative estimate of drug-likeness (QED) is 0.660. The molecule has 0 fully saturated rings. The van der Waals surface area contributed by atoms with E-state index in [1.807, 2.05) is 45.0 Å². The monoisotopic (exact) mass is 416 g/mol. The van der Waals surface area contributed by atoms with E-state index in [0.717, 1.165) is 17.5 Å². The summed E-state index contributed by atoms with van der Waals surface area (Å²) in [6.07, 6.45) is 0.823. The van der Waals surface area contributed by atoms with Crippen LogP contribution in [-0.2, 0) is 16.1 Å². The summed E-state index contributed by atoms with van der Waals surface area (Å²) in [5, 5.41) is 3.55. The summed E-state index contributed by atoms with van der Waals surface area (Å²) in [4.78, 5) is 27.2. The van der Waals surface area contributed by atoms with Gasteiger partial charge in [-0.2, -0.15) is 0 Å². The van der Waals surface area contributed by atoms with Crippen LogP contribution in [0.4, 0.5) is 0 Å². The van der Waals surface area contributed by atoms with Gasteiger partial charge in [-0.1, -0.05) is 42.8 Å². The zero-order valence-corrected chi connectivity index (χ0v) is 18.2. The van der Waals surface area contributed by atoms with Crippen LogP contribution in [-0.4, -0.2) is 35.4 Å². The Morgan fingerprint density at radius 1 is 1.10 bits per heavy atom. The molecule has 1 N–H and O–H groups in total. The van der Waals surface area contributed by atoms with E-state index >= 15 is 0 Å². The van der Waals surface area contributed by atoms with Gasteiger partial charge in [0.1, 0.15) is 11.8 Å². The molecule has 2 aromatic carbocycles. The first-order valence-corrected chi connectivity index (χ1v) is 10.2. The number of hydrogen-bond donors (Lipinski definition) is 1. The maximum atomic E-state index is 13.0. The highest BCUT2D eigenvalue weighted by Gasteiger charge is 2.27. The maximum Gasteiger partial charge on any atom is 0.261 e. The molecule has 2 atom stereocenters. The van der Waals surface area contributed by atoms with Crippen LogP contribution in [0.1, 0.15) is 38.3 Å². The van der Waals surface area contributed by atoms with Crippen LogP contribution in [0.5, 0.6) is 5.75 Å². The fourth-order valence-electron chi connectivity index (χ4n) is 2.78. The lowest BCUT2D eigenvalue weighted by Gasteiger charge is -2.30. The van der Waals surface area contributed by atoms with Gasteiger partial charge >= 0.3 is 0 Å². The number of carbonyl (C=O) groups is 2. The number of nitrogens with zero attached hydrogens (tertiary/aromatic N) is 1. The minimum atomic E-state index is -0.620. The predicted octanol–water partition coefficient (Wildman–Crippen LogP) is 4.36. The number of rotatable bonds is 9. The minimum absolute atomic E-state index is 0.0469. The number of amides is 2. The second-order valence-corrected chi connectivity index (χ2v) is 7.62. The Morgan fingerprint density at radius 2 is 1.76 bits per heavy atom. The Bertz CT molecular complexity index is 823. The normalized spacial score (nSPS) is 12.7. The van der Waals surface area contributed by atoms with Crippen molar-refractivity contribution in [3.05, 3.63) is 64.7 Å². The zero-order valence-electron chi connectivity index (χ0n) is 17.4. The topological polar surface area (TPSA) is 58.6 Å².